The summed E-state index contributed by atoms with van der Waals surface area (Å²) in [6.07, 6.45) is 11.6. The van der Waals surface area contributed by atoms with Crippen LogP contribution >= 0.6 is 0 Å². The molecule has 1 unspecified atom stereocenters. The lowest BCUT2D eigenvalue weighted by Crippen LogP contribution is -2.41. The van der Waals surface area contributed by atoms with Crippen molar-refractivity contribution in [2.45, 2.75) is 51.1 Å². The Balaban J connectivity index is 1.53. The van der Waals surface area contributed by atoms with Crippen molar-refractivity contribution in [1.82, 2.24) is 24.8 Å². The van der Waals surface area contributed by atoms with Crippen molar-refractivity contribution in [2.75, 3.05) is 17.9 Å². The summed E-state index contributed by atoms with van der Waals surface area (Å²) in [5.41, 5.74) is 3.49. The first-order chi connectivity index (χ1) is 16.6. The number of nitrogens with one attached hydrogen (secondary N) is 3. The Kier molecular flexibility index (Phi) is 8.03. The van der Waals surface area contributed by atoms with E-state index in [1.165, 1.54) is 38.5 Å². The lowest BCUT2D eigenvalue weighted by molar-refractivity contribution is -0.122. The monoisotopic (exact) mass is 467 g/mol. The fourth-order valence-corrected chi connectivity index (χ4v) is 4.25. The van der Waals surface area contributed by atoms with Gasteiger partial charge in [0, 0.05) is 25.0 Å². The van der Waals surface area contributed by atoms with E-state index in [1.54, 1.807) is 41.5 Å². The topological polar surface area (TPSA) is 106 Å². The zero-order chi connectivity index (χ0) is 23.8. The highest BCUT2D eigenvalue weighted by atomic mass is 19.1. The third kappa shape index (κ3) is 6.50. The molecular formula is C24H30FN7O2. The number of imidazole rings is 1. The molecule has 2 aromatic heterocycles. The molecule has 1 fully saturated rings. The predicted octanol–water partition coefficient (Wildman–Crippen LogP) is 3.84. The molecular weight excluding hydrogens is 437 g/mol. The second kappa shape index (κ2) is 11.6. The zero-order valence-corrected chi connectivity index (χ0v) is 19.2. The van der Waals surface area contributed by atoms with Gasteiger partial charge in [0.25, 0.3) is 5.95 Å². The van der Waals surface area contributed by atoms with E-state index in [9.17, 15) is 9.18 Å². The summed E-state index contributed by atoms with van der Waals surface area (Å²) in [5, 5.41) is 6.31. The number of rotatable bonds is 10. The highest BCUT2D eigenvalue weighted by molar-refractivity contribution is 5.84. The summed E-state index contributed by atoms with van der Waals surface area (Å²) in [6.45, 7) is 0.322. The molecule has 1 saturated carbocycles. The Morgan fingerprint density at radius 1 is 1.21 bits per heavy atom. The number of anilines is 2. The molecule has 0 bridgehead atoms. The van der Waals surface area contributed by atoms with Crippen LogP contribution in [-0.2, 0) is 16.2 Å². The smallest absolute Gasteiger partial charge is 0.251 e. The quantitative estimate of drug-likeness (QED) is 0.389. The van der Waals surface area contributed by atoms with Gasteiger partial charge in [-0.3, -0.25) is 14.2 Å². The number of halogens is 1. The highest BCUT2D eigenvalue weighted by Crippen LogP contribution is 2.28. The van der Waals surface area contributed by atoms with Crippen LogP contribution in [-0.4, -0.2) is 38.6 Å². The Hall–Kier alpha value is -3.53. The SMILES string of the molecule is CONc1nc(NC(CC2CCCCC2)C(=O)NCc2ccc(F)cc2)cc(-n2ccnc2)n1. The van der Waals surface area contributed by atoms with E-state index in [1.807, 2.05) is 0 Å². The van der Waals surface area contributed by atoms with Crippen LogP contribution in [0.5, 0.6) is 0 Å². The molecule has 0 radical (unpaired) electrons. The van der Waals surface area contributed by atoms with Gasteiger partial charge in [-0.05, 0) is 30.0 Å². The number of carbonyl (C=O) groups excluding carboxylic acids is 1. The largest absolute Gasteiger partial charge is 0.358 e. The molecule has 180 valence electrons. The normalized spacial score (nSPS) is 15.0. The van der Waals surface area contributed by atoms with Gasteiger partial charge in [0.2, 0.25) is 5.91 Å². The lowest BCUT2D eigenvalue weighted by Gasteiger charge is -2.27. The molecule has 3 N–H and O–H groups in total. The van der Waals surface area contributed by atoms with Crippen LogP contribution in [0.2, 0.25) is 0 Å². The number of nitrogens with zero attached hydrogens (tertiary/aromatic N) is 4. The van der Waals surface area contributed by atoms with Crippen LogP contribution in [0.3, 0.4) is 0 Å². The second-order valence-corrected chi connectivity index (χ2v) is 8.49. The maximum atomic E-state index is 13.2. The first-order valence-corrected chi connectivity index (χ1v) is 11.6. The van der Waals surface area contributed by atoms with Gasteiger partial charge in [-0.1, -0.05) is 44.2 Å². The van der Waals surface area contributed by atoms with Crippen LogP contribution in [0.25, 0.3) is 5.82 Å². The third-order valence-electron chi connectivity index (χ3n) is 5.99. The van der Waals surface area contributed by atoms with E-state index in [0.717, 1.165) is 18.4 Å². The molecule has 9 nitrogen and oxygen atoms in total. The van der Waals surface area contributed by atoms with Gasteiger partial charge in [-0.2, -0.15) is 9.97 Å². The minimum atomic E-state index is -0.482. The molecule has 0 spiro atoms. The van der Waals surface area contributed by atoms with Gasteiger partial charge in [0.15, 0.2) is 0 Å². The van der Waals surface area contributed by atoms with Gasteiger partial charge < -0.3 is 10.6 Å². The van der Waals surface area contributed by atoms with E-state index in [0.29, 0.717) is 30.5 Å². The van der Waals surface area contributed by atoms with Gasteiger partial charge >= 0.3 is 0 Å². The van der Waals surface area contributed by atoms with E-state index >= 15 is 0 Å². The van der Waals surface area contributed by atoms with Crippen LogP contribution in [0.4, 0.5) is 16.2 Å². The van der Waals surface area contributed by atoms with Crippen molar-refractivity contribution in [3.05, 3.63) is 60.4 Å². The molecule has 1 amide bonds. The molecule has 1 aromatic carbocycles. The summed E-state index contributed by atoms with van der Waals surface area (Å²) in [5.74, 6) is 1.38. The van der Waals surface area contributed by atoms with Gasteiger partial charge in [0.05, 0.1) is 7.11 Å². The number of benzene rings is 1. The Bertz CT molecular complexity index is 1050. The van der Waals surface area contributed by atoms with Crippen molar-refractivity contribution < 1.29 is 14.0 Å². The number of amides is 1. The number of aromatic nitrogens is 4. The molecule has 34 heavy (non-hydrogen) atoms. The maximum Gasteiger partial charge on any atom is 0.251 e. The van der Waals surface area contributed by atoms with Crippen LogP contribution < -0.4 is 16.1 Å². The van der Waals surface area contributed by atoms with E-state index in [2.05, 4.69) is 31.1 Å². The molecule has 10 heteroatoms. The molecule has 1 aliphatic rings. The van der Waals surface area contributed by atoms with Crippen LogP contribution in [0.15, 0.2) is 49.1 Å². The van der Waals surface area contributed by atoms with E-state index < -0.39 is 6.04 Å². The van der Waals surface area contributed by atoms with Crippen molar-refractivity contribution >= 4 is 17.7 Å². The summed E-state index contributed by atoms with van der Waals surface area (Å²) in [6, 6.07) is 7.41. The van der Waals surface area contributed by atoms with Crippen molar-refractivity contribution in [3.63, 3.8) is 0 Å². The van der Waals surface area contributed by atoms with Crippen molar-refractivity contribution in [2.24, 2.45) is 5.92 Å². The highest BCUT2D eigenvalue weighted by Gasteiger charge is 2.25. The van der Waals surface area contributed by atoms with Crippen molar-refractivity contribution in [3.8, 4) is 5.82 Å². The molecule has 3 aromatic rings. The Morgan fingerprint density at radius 3 is 2.71 bits per heavy atom. The maximum absolute atomic E-state index is 13.2. The van der Waals surface area contributed by atoms with Crippen LogP contribution in [0, 0.1) is 11.7 Å². The van der Waals surface area contributed by atoms with Crippen molar-refractivity contribution in [1.29, 1.82) is 0 Å². The van der Waals surface area contributed by atoms with E-state index in [-0.39, 0.29) is 17.7 Å². The molecule has 0 saturated heterocycles. The Morgan fingerprint density at radius 2 is 2.00 bits per heavy atom. The first kappa shape index (κ1) is 23.6. The summed E-state index contributed by atoms with van der Waals surface area (Å²) in [7, 11) is 1.48. The minimum absolute atomic E-state index is 0.126. The number of hydrogen-bond donors (Lipinski definition) is 3. The summed E-state index contributed by atoms with van der Waals surface area (Å²) in [4.78, 5) is 31.2. The van der Waals surface area contributed by atoms with Gasteiger partial charge in [-0.15, -0.1) is 0 Å². The summed E-state index contributed by atoms with van der Waals surface area (Å²) >= 11 is 0. The zero-order valence-electron chi connectivity index (χ0n) is 19.2. The standard InChI is InChI=1S/C24H30FN7O2/c1-34-31-24-29-21(14-22(30-24)32-12-11-26-16-32)28-20(13-17-5-3-2-4-6-17)23(33)27-15-18-7-9-19(25)10-8-18/h7-12,14,16-17,20H,2-6,13,15H2,1H3,(H,27,33)(H2,28,29,30,31). The second-order valence-electron chi connectivity index (χ2n) is 8.49. The van der Waals surface area contributed by atoms with Gasteiger partial charge in [0.1, 0.15) is 29.8 Å². The molecule has 1 aliphatic carbocycles. The number of carbonyl (C=O) groups is 1. The number of hydrogen-bond acceptors (Lipinski definition) is 7. The van der Waals surface area contributed by atoms with Crippen LogP contribution in [0.1, 0.15) is 44.1 Å². The average molecular weight is 468 g/mol. The molecule has 1 atom stereocenters. The Labute approximate surface area is 198 Å². The van der Waals surface area contributed by atoms with Gasteiger partial charge in [-0.25, -0.2) is 14.9 Å². The third-order valence-corrected chi connectivity index (χ3v) is 5.99. The molecule has 4 rings (SSSR count). The predicted molar refractivity (Wildman–Crippen MR) is 127 cm³/mol. The first-order valence-electron chi connectivity index (χ1n) is 11.6. The molecule has 2 heterocycles. The van der Waals surface area contributed by atoms with E-state index in [4.69, 9.17) is 4.84 Å². The fraction of sp³-hybridized carbons (Fsp3) is 0.417. The molecule has 0 aliphatic heterocycles. The minimum Gasteiger partial charge on any atom is -0.358 e. The lowest BCUT2D eigenvalue weighted by atomic mass is 9.84. The fourth-order valence-electron chi connectivity index (χ4n) is 4.25. The average Bonchev–Trinajstić information content (AvgIpc) is 3.39. The summed E-state index contributed by atoms with van der Waals surface area (Å²) < 4.78 is 15.0.